The number of amides is 2. The number of carbonyl (C=O) groups excluding carboxylic acids is 1. The third-order valence-corrected chi connectivity index (χ3v) is 3.15. The molecule has 0 aliphatic carbocycles. The van der Waals surface area contributed by atoms with Crippen molar-refractivity contribution in [1.82, 2.24) is 10.2 Å². The summed E-state index contributed by atoms with van der Waals surface area (Å²) in [7, 11) is 1.65. The Morgan fingerprint density at radius 3 is 2.80 bits per heavy atom. The van der Waals surface area contributed by atoms with Crippen molar-refractivity contribution in [2.75, 3.05) is 33.4 Å². The molecule has 0 saturated heterocycles. The molecule has 5 heteroatoms. The average Bonchev–Trinajstić information content (AvgIpc) is 2.44. The Morgan fingerprint density at radius 2 is 2.20 bits per heavy atom. The van der Waals surface area contributed by atoms with Crippen molar-refractivity contribution in [2.24, 2.45) is 0 Å². The molecule has 1 aromatic carbocycles. The fourth-order valence-electron chi connectivity index (χ4n) is 2.04. The number of aliphatic hydroxyl groups excluding tert-OH is 1. The maximum absolute atomic E-state index is 11.8. The Morgan fingerprint density at radius 1 is 1.45 bits per heavy atom. The third-order valence-electron chi connectivity index (χ3n) is 3.15. The summed E-state index contributed by atoms with van der Waals surface area (Å²) in [5.74, 6) is 0.840. The summed E-state index contributed by atoms with van der Waals surface area (Å²) in [6.45, 7) is 5.38. The smallest absolute Gasteiger partial charge is 0.317 e. The molecule has 1 aromatic rings. The number of hydrogen-bond donors (Lipinski definition) is 2. The lowest BCUT2D eigenvalue weighted by Gasteiger charge is -2.20. The van der Waals surface area contributed by atoms with Gasteiger partial charge in [0.05, 0.1) is 13.7 Å². The normalized spacial score (nSPS) is 10.2. The second kappa shape index (κ2) is 8.43. The number of nitrogens with one attached hydrogen (secondary N) is 1. The fourth-order valence-corrected chi connectivity index (χ4v) is 2.04. The number of aliphatic hydroxyl groups is 1. The van der Waals surface area contributed by atoms with Crippen LogP contribution in [0.25, 0.3) is 0 Å². The van der Waals surface area contributed by atoms with E-state index in [4.69, 9.17) is 9.84 Å². The maximum atomic E-state index is 11.8. The van der Waals surface area contributed by atoms with Crippen LogP contribution < -0.4 is 10.1 Å². The lowest BCUT2D eigenvalue weighted by Crippen LogP contribution is -2.42. The molecule has 0 aliphatic rings. The van der Waals surface area contributed by atoms with Crippen molar-refractivity contribution < 1.29 is 14.6 Å². The first-order valence-corrected chi connectivity index (χ1v) is 6.89. The van der Waals surface area contributed by atoms with Gasteiger partial charge in [-0.15, -0.1) is 0 Å². The summed E-state index contributed by atoms with van der Waals surface area (Å²) < 4.78 is 5.31. The minimum atomic E-state index is -0.145. The minimum Gasteiger partial charge on any atom is -0.496 e. The number of ether oxygens (including phenoxy) is 1. The molecule has 0 atom stereocenters. The Labute approximate surface area is 120 Å². The zero-order valence-electron chi connectivity index (χ0n) is 12.5. The predicted octanol–water partition coefficient (Wildman–Crippen LogP) is 1.57. The molecular formula is C15H24N2O3. The van der Waals surface area contributed by atoms with Crippen molar-refractivity contribution in [2.45, 2.75) is 20.3 Å². The highest BCUT2D eigenvalue weighted by Crippen LogP contribution is 2.19. The van der Waals surface area contributed by atoms with Crippen LogP contribution >= 0.6 is 0 Å². The van der Waals surface area contributed by atoms with Crippen LogP contribution in [0.4, 0.5) is 4.79 Å². The first-order chi connectivity index (χ1) is 9.62. The molecule has 0 radical (unpaired) electrons. The van der Waals surface area contributed by atoms with Crippen molar-refractivity contribution in [1.29, 1.82) is 0 Å². The summed E-state index contributed by atoms with van der Waals surface area (Å²) in [4.78, 5) is 13.4. The summed E-state index contributed by atoms with van der Waals surface area (Å²) in [6.07, 6.45) is 0.716. The van der Waals surface area contributed by atoms with Gasteiger partial charge in [-0.05, 0) is 31.9 Å². The van der Waals surface area contributed by atoms with E-state index in [1.807, 2.05) is 26.0 Å². The summed E-state index contributed by atoms with van der Waals surface area (Å²) in [6, 6.07) is 5.86. The molecule has 112 valence electrons. The fraction of sp³-hybridized carbons (Fsp3) is 0.533. The van der Waals surface area contributed by atoms with Gasteiger partial charge in [-0.1, -0.05) is 17.7 Å². The summed E-state index contributed by atoms with van der Waals surface area (Å²) in [5.41, 5.74) is 2.25. The largest absolute Gasteiger partial charge is 0.496 e. The SMILES string of the molecule is CCN(CCO)C(=O)NCCc1cc(C)ccc1OC. The number of urea groups is 1. The van der Waals surface area contributed by atoms with Crippen LogP contribution in [0.2, 0.25) is 0 Å². The zero-order valence-corrected chi connectivity index (χ0v) is 12.5. The van der Waals surface area contributed by atoms with E-state index in [1.54, 1.807) is 12.0 Å². The molecule has 0 saturated carbocycles. The molecule has 0 aliphatic heterocycles. The van der Waals surface area contributed by atoms with Crippen LogP contribution in [0.3, 0.4) is 0 Å². The monoisotopic (exact) mass is 280 g/mol. The highest BCUT2D eigenvalue weighted by molar-refractivity contribution is 5.74. The van der Waals surface area contributed by atoms with Gasteiger partial charge in [-0.25, -0.2) is 4.79 Å². The second-order valence-electron chi connectivity index (χ2n) is 4.60. The molecule has 0 bridgehead atoms. The lowest BCUT2D eigenvalue weighted by atomic mass is 10.1. The number of benzene rings is 1. The number of aryl methyl sites for hydroxylation is 1. The highest BCUT2D eigenvalue weighted by atomic mass is 16.5. The Balaban J connectivity index is 2.51. The summed E-state index contributed by atoms with van der Waals surface area (Å²) in [5, 5.41) is 11.7. The van der Waals surface area contributed by atoms with Gasteiger partial charge in [-0.2, -0.15) is 0 Å². The number of nitrogens with zero attached hydrogens (tertiary/aromatic N) is 1. The van der Waals surface area contributed by atoms with Gasteiger partial charge < -0.3 is 20.1 Å². The van der Waals surface area contributed by atoms with Crippen LogP contribution in [0.5, 0.6) is 5.75 Å². The van der Waals surface area contributed by atoms with E-state index in [9.17, 15) is 4.79 Å². The molecular weight excluding hydrogens is 256 g/mol. The first-order valence-electron chi connectivity index (χ1n) is 6.89. The van der Waals surface area contributed by atoms with Gasteiger partial charge in [0.15, 0.2) is 0 Å². The van der Waals surface area contributed by atoms with E-state index in [0.29, 0.717) is 26.1 Å². The number of rotatable bonds is 7. The van der Waals surface area contributed by atoms with Crippen LogP contribution in [-0.2, 0) is 6.42 Å². The third kappa shape index (κ3) is 4.74. The highest BCUT2D eigenvalue weighted by Gasteiger charge is 2.10. The van der Waals surface area contributed by atoms with Crippen molar-refractivity contribution in [3.63, 3.8) is 0 Å². The molecule has 0 aromatic heterocycles. The second-order valence-corrected chi connectivity index (χ2v) is 4.60. The van der Waals surface area contributed by atoms with Gasteiger partial charge in [0.2, 0.25) is 0 Å². The first kappa shape index (κ1) is 16.3. The van der Waals surface area contributed by atoms with E-state index in [1.165, 1.54) is 5.56 Å². The average molecular weight is 280 g/mol. The lowest BCUT2D eigenvalue weighted by molar-refractivity contribution is 0.180. The van der Waals surface area contributed by atoms with Crippen molar-refractivity contribution >= 4 is 6.03 Å². The number of hydrogen-bond acceptors (Lipinski definition) is 3. The Bertz CT molecular complexity index is 435. The maximum Gasteiger partial charge on any atom is 0.317 e. The number of carbonyl (C=O) groups is 1. The van der Waals surface area contributed by atoms with Crippen molar-refractivity contribution in [3.8, 4) is 5.75 Å². The minimum absolute atomic E-state index is 0.0209. The Hall–Kier alpha value is -1.75. The molecule has 0 spiro atoms. The number of methoxy groups -OCH3 is 1. The molecule has 0 fully saturated rings. The molecule has 0 heterocycles. The molecule has 1 rings (SSSR count). The quantitative estimate of drug-likeness (QED) is 0.797. The van der Waals surface area contributed by atoms with Crippen LogP contribution in [-0.4, -0.2) is 49.4 Å². The van der Waals surface area contributed by atoms with Crippen LogP contribution in [0.1, 0.15) is 18.1 Å². The zero-order chi connectivity index (χ0) is 15.0. The topological polar surface area (TPSA) is 61.8 Å². The van der Waals surface area contributed by atoms with E-state index < -0.39 is 0 Å². The summed E-state index contributed by atoms with van der Waals surface area (Å²) >= 11 is 0. The van der Waals surface area contributed by atoms with Gasteiger partial charge >= 0.3 is 6.03 Å². The van der Waals surface area contributed by atoms with Crippen LogP contribution in [0, 0.1) is 6.92 Å². The molecule has 20 heavy (non-hydrogen) atoms. The van der Waals surface area contributed by atoms with Gasteiger partial charge in [0.1, 0.15) is 5.75 Å². The van der Waals surface area contributed by atoms with E-state index in [-0.39, 0.29) is 12.6 Å². The predicted molar refractivity (Wildman–Crippen MR) is 79.2 cm³/mol. The number of likely N-dealkylation sites (N-methyl/N-ethyl adjacent to an activating group) is 1. The standard InChI is InChI=1S/C15H24N2O3/c1-4-17(9-10-18)15(19)16-8-7-13-11-12(2)5-6-14(13)20-3/h5-6,11,18H,4,7-10H2,1-3H3,(H,16,19). The van der Waals surface area contributed by atoms with E-state index >= 15 is 0 Å². The van der Waals surface area contributed by atoms with Crippen LogP contribution in [0.15, 0.2) is 18.2 Å². The van der Waals surface area contributed by atoms with E-state index in [0.717, 1.165) is 11.3 Å². The van der Waals surface area contributed by atoms with Gasteiger partial charge in [0, 0.05) is 19.6 Å². The van der Waals surface area contributed by atoms with Crippen molar-refractivity contribution in [3.05, 3.63) is 29.3 Å². The molecule has 2 N–H and O–H groups in total. The molecule has 2 amide bonds. The van der Waals surface area contributed by atoms with Gasteiger partial charge in [-0.3, -0.25) is 0 Å². The Kier molecular flexibility index (Phi) is 6.87. The van der Waals surface area contributed by atoms with Gasteiger partial charge in [0.25, 0.3) is 0 Å². The molecule has 0 unspecified atom stereocenters. The van der Waals surface area contributed by atoms with E-state index in [2.05, 4.69) is 11.4 Å². The molecule has 5 nitrogen and oxygen atoms in total.